The number of rotatable bonds is 0. The van der Waals surface area contributed by atoms with Crippen molar-refractivity contribution in [3.8, 4) is 0 Å². The lowest BCUT2D eigenvalue weighted by Gasteiger charge is -2.55. The summed E-state index contributed by atoms with van der Waals surface area (Å²) in [5.74, 6) is 0.314. The molecule has 14 heavy (non-hydrogen) atoms. The molecule has 0 saturated carbocycles. The van der Waals surface area contributed by atoms with Gasteiger partial charge < -0.3 is 16.4 Å². The minimum absolute atomic E-state index is 0.314. The zero-order valence-electron chi connectivity index (χ0n) is 10.2. The number of hydrogen-bond donors (Lipinski definition) is 2. The predicted octanol–water partition coefficient (Wildman–Crippen LogP) is 1.25. The van der Waals surface area contributed by atoms with E-state index in [2.05, 4.69) is 25.7 Å². The summed E-state index contributed by atoms with van der Waals surface area (Å²) in [6, 6.07) is 0. The van der Waals surface area contributed by atoms with Crippen molar-refractivity contribution in [2.45, 2.75) is 45.8 Å². The molecule has 1 aliphatic rings. The second-order valence-electron chi connectivity index (χ2n) is 4.98. The SMILES string of the molecule is CC1=C(C)N(C)C(C)(N)C(C)(N)C1C. The van der Waals surface area contributed by atoms with E-state index in [0.717, 1.165) is 0 Å². The number of hydrogen-bond acceptors (Lipinski definition) is 3. The van der Waals surface area contributed by atoms with Gasteiger partial charge in [-0.25, -0.2) is 0 Å². The lowest BCUT2D eigenvalue weighted by Crippen LogP contribution is -2.74. The van der Waals surface area contributed by atoms with Gasteiger partial charge in [0.05, 0.1) is 5.54 Å². The summed E-state index contributed by atoms with van der Waals surface area (Å²) in [7, 11) is 2.01. The van der Waals surface area contributed by atoms with Crippen molar-refractivity contribution in [1.82, 2.24) is 4.90 Å². The number of nitrogens with two attached hydrogens (primary N) is 2. The minimum atomic E-state index is -0.490. The lowest BCUT2D eigenvalue weighted by atomic mass is 9.70. The Bertz CT molecular complexity index is 248. The van der Waals surface area contributed by atoms with Crippen LogP contribution in [-0.2, 0) is 0 Å². The van der Waals surface area contributed by atoms with Gasteiger partial charge in [0.2, 0.25) is 0 Å². The Morgan fingerprint density at radius 3 is 2.07 bits per heavy atom. The highest BCUT2D eigenvalue weighted by atomic mass is 15.3. The highest BCUT2D eigenvalue weighted by Gasteiger charge is 2.49. The molecule has 0 aromatic rings. The molecule has 3 nitrogen and oxygen atoms in total. The average molecular weight is 197 g/mol. The molecule has 0 amide bonds. The Morgan fingerprint density at radius 2 is 1.64 bits per heavy atom. The Kier molecular flexibility index (Phi) is 2.45. The Labute approximate surface area is 87.1 Å². The first-order chi connectivity index (χ1) is 6.14. The van der Waals surface area contributed by atoms with E-state index in [0.29, 0.717) is 5.92 Å². The third-order valence-electron chi connectivity index (χ3n) is 4.41. The van der Waals surface area contributed by atoms with Crippen molar-refractivity contribution in [3.05, 3.63) is 11.3 Å². The van der Waals surface area contributed by atoms with E-state index in [4.69, 9.17) is 11.5 Å². The molecule has 0 spiro atoms. The number of likely N-dealkylation sites (N-methyl/N-ethyl adjacent to an activating group) is 1. The highest BCUT2D eigenvalue weighted by molar-refractivity contribution is 5.26. The van der Waals surface area contributed by atoms with E-state index in [1.165, 1.54) is 11.3 Å². The summed E-state index contributed by atoms with van der Waals surface area (Å²) in [5, 5.41) is 0. The van der Waals surface area contributed by atoms with E-state index < -0.39 is 11.2 Å². The summed E-state index contributed by atoms with van der Waals surface area (Å²) in [6.07, 6.45) is 0. The standard InChI is InChI=1S/C11H23N3/c1-7-8(2)10(4,12)11(5,13)14(6)9(7)3/h8H,12-13H2,1-6H3. The quantitative estimate of drug-likeness (QED) is 0.614. The van der Waals surface area contributed by atoms with Gasteiger partial charge in [-0.15, -0.1) is 0 Å². The molecule has 0 aromatic carbocycles. The van der Waals surface area contributed by atoms with Gasteiger partial charge in [-0.05, 0) is 33.3 Å². The zero-order valence-corrected chi connectivity index (χ0v) is 10.2. The minimum Gasteiger partial charge on any atom is -0.359 e. The largest absolute Gasteiger partial charge is 0.359 e. The number of nitrogens with zero attached hydrogens (tertiary/aromatic N) is 1. The predicted molar refractivity (Wildman–Crippen MR) is 60.5 cm³/mol. The van der Waals surface area contributed by atoms with Crippen molar-refractivity contribution in [2.24, 2.45) is 17.4 Å². The van der Waals surface area contributed by atoms with Crippen LogP contribution in [0.5, 0.6) is 0 Å². The molecule has 0 aliphatic carbocycles. The normalized spacial score (nSPS) is 44.6. The fourth-order valence-electron chi connectivity index (χ4n) is 2.18. The van der Waals surface area contributed by atoms with Crippen LogP contribution in [0.15, 0.2) is 11.3 Å². The molecule has 0 fully saturated rings. The summed E-state index contributed by atoms with van der Waals surface area (Å²) in [4.78, 5) is 2.09. The maximum Gasteiger partial charge on any atom is 0.103 e. The van der Waals surface area contributed by atoms with Gasteiger partial charge in [0, 0.05) is 18.7 Å². The molecular formula is C11H23N3. The fourth-order valence-corrected chi connectivity index (χ4v) is 2.18. The maximum atomic E-state index is 6.34. The fraction of sp³-hybridized carbons (Fsp3) is 0.818. The van der Waals surface area contributed by atoms with Crippen LogP contribution < -0.4 is 11.5 Å². The van der Waals surface area contributed by atoms with Crippen LogP contribution in [0.1, 0.15) is 34.6 Å². The van der Waals surface area contributed by atoms with Crippen molar-refractivity contribution < 1.29 is 0 Å². The molecule has 4 N–H and O–H groups in total. The van der Waals surface area contributed by atoms with Crippen LogP contribution in [0, 0.1) is 5.92 Å². The Hall–Kier alpha value is -0.540. The second kappa shape index (κ2) is 2.97. The molecule has 0 saturated heterocycles. The van der Waals surface area contributed by atoms with Gasteiger partial charge in [0.15, 0.2) is 0 Å². The summed E-state index contributed by atoms with van der Waals surface area (Å²) in [6.45, 7) is 10.4. The van der Waals surface area contributed by atoms with Crippen LogP contribution in [0.2, 0.25) is 0 Å². The molecule has 0 radical (unpaired) electrons. The first kappa shape index (κ1) is 11.5. The van der Waals surface area contributed by atoms with E-state index >= 15 is 0 Å². The van der Waals surface area contributed by atoms with E-state index in [1.54, 1.807) is 0 Å². The van der Waals surface area contributed by atoms with Gasteiger partial charge in [-0.2, -0.15) is 0 Å². The summed E-state index contributed by atoms with van der Waals surface area (Å²) < 4.78 is 0. The third kappa shape index (κ3) is 1.19. The van der Waals surface area contributed by atoms with Gasteiger partial charge in [0.1, 0.15) is 5.66 Å². The van der Waals surface area contributed by atoms with Crippen LogP contribution in [-0.4, -0.2) is 23.1 Å². The molecule has 3 unspecified atom stereocenters. The van der Waals surface area contributed by atoms with Crippen molar-refractivity contribution in [2.75, 3.05) is 7.05 Å². The summed E-state index contributed by atoms with van der Waals surface area (Å²) >= 11 is 0. The zero-order chi connectivity index (χ0) is 11.3. The van der Waals surface area contributed by atoms with E-state index in [-0.39, 0.29) is 0 Å². The molecule has 1 rings (SSSR count). The van der Waals surface area contributed by atoms with Crippen LogP contribution in [0.25, 0.3) is 0 Å². The molecule has 0 aromatic heterocycles. The van der Waals surface area contributed by atoms with Gasteiger partial charge >= 0.3 is 0 Å². The molecule has 0 bridgehead atoms. The third-order valence-corrected chi connectivity index (χ3v) is 4.41. The highest BCUT2D eigenvalue weighted by Crippen LogP contribution is 2.39. The van der Waals surface area contributed by atoms with Crippen molar-refractivity contribution >= 4 is 0 Å². The first-order valence-corrected chi connectivity index (χ1v) is 5.13. The molecule has 3 heteroatoms. The molecule has 82 valence electrons. The van der Waals surface area contributed by atoms with E-state index in [1.807, 2.05) is 20.9 Å². The monoisotopic (exact) mass is 197 g/mol. The Morgan fingerprint density at radius 1 is 1.21 bits per heavy atom. The lowest BCUT2D eigenvalue weighted by molar-refractivity contribution is 0.0462. The molecular weight excluding hydrogens is 174 g/mol. The van der Waals surface area contributed by atoms with Gasteiger partial charge in [-0.1, -0.05) is 6.92 Å². The van der Waals surface area contributed by atoms with Gasteiger partial charge in [0.25, 0.3) is 0 Å². The van der Waals surface area contributed by atoms with Crippen molar-refractivity contribution in [1.29, 1.82) is 0 Å². The summed E-state index contributed by atoms with van der Waals surface area (Å²) in [5.41, 5.74) is 14.3. The second-order valence-corrected chi connectivity index (χ2v) is 4.98. The topological polar surface area (TPSA) is 55.3 Å². The van der Waals surface area contributed by atoms with Crippen molar-refractivity contribution in [3.63, 3.8) is 0 Å². The number of allylic oxidation sites excluding steroid dienone is 1. The van der Waals surface area contributed by atoms with Crippen LogP contribution in [0.3, 0.4) is 0 Å². The molecule has 1 heterocycles. The molecule has 3 atom stereocenters. The average Bonchev–Trinajstić information content (AvgIpc) is 2.10. The maximum absolute atomic E-state index is 6.34. The van der Waals surface area contributed by atoms with Gasteiger partial charge in [-0.3, -0.25) is 0 Å². The first-order valence-electron chi connectivity index (χ1n) is 5.13. The molecule has 1 aliphatic heterocycles. The smallest absolute Gasteiger partial charge is 0.103 e. The van der Waals surface area contributed by atoms with Crippen LogP contribution in [0.4, 0.5) is 0 Å². The van der Waals surface area contributed by atoms with E-state index in [9.17, 15) is 0 Å². The Balaban J connectivity index is 3.31. The van der Waals surface area contributed by atoms with Crippen LogP contribution >= 0.6 is 0 Å².